The average Bonchev–Trinajstić information content (AvgIpc) is 2.42. The number of rotatable bonds is 3. The van der Waals surface area contributed by atoms with E-state index in [0.717, 1.165) is 0 Å². The van der Waals surface area contributed by atoms with Crippen LogP contribution in [0.1, 0.15) is 13.8 Å². The molecule has 0 radical (unpaired) electrons. The largest absolute Gasteiger partial charge is 0.375 e. The summed E-state index contributed by atoms with van der Waals surface area (Å²) in [5.74, 6) is -0.408. The van der Waals surface area contributed by atoms with E-state index in [0.29, 0.717) is 29.5 Å². The number of anilines is 2. The topological polar surface area (TPSA) is 79.5 Å². The van der Waals surface area contributed by atoms with Crippen LogP contribution in [0.25, 0.3) is 0 Å². The summed E-state index contributed by atoms with van der Waals surface area (Å²) in [4.78, 5) is 23.3. The Hall–Kier alpha value is -1.34. The molecule has 1 aromatic rings. The van der Waals surface area contributed by atoms with E-state index in [2.05, 4.69) is 16.0 Å². The van der Waals surface area contributed by atoms with Gasteiger partial charge in [-0.05, 0) is 25.1 Å². The number of carbonyl (C=O) groups is 2. The molecule has 0 spiro atoms. The Kier molecular flexibility index (Phi) is 7.09. The van der Waals surface area contributed by atoms with Gasteiger partial charge in [-0.2, -0.15) is 0 Å². The molecule has 3 N–H and O–H groups in total. The highest BCUT2D eigenvalue weighted by molar-refractivity contribution is 6.34. The Morgan fingerprint density at radius 3 is 2.73 bits per heavy atom. The van der Waals surface area contributed by atoms with Crippen LogP contribution < -0.4 is 16.0 Å². The van der Waals surface area contributed by atoms with Crippen molar-refractivity contribution in [1.29, 1.82) is 0 Å². The van der Waals surface area contributed by atoms with E-state index in [9.17, 15) is 9.59 Å². The molecule has 0 saturated carbocycles. The Morgan fingerprint density at radius 1 is 1.36 bits per heavy atom. The van der Waals surface area contributed by atoms with Crippen molar-refractivity contribution in [1.82, 2.24) is 5.32 Å². The lowest BCUT2D eigenvalue weighted by molar-refractivity contribution is -0.123. The van der Waals surface area contributed by atoms with Gasteiger partial charge in [0.15, 0.2) is 0 Å². The molecule has 0 aliphatic carbocycles. The van der Waals surface area contributed by atoms with Crippen LogP contribution >= 0.6 is 24.0 Å². The zero-order valence-corrected chi connectivity index (χ0v) is 13.9. The minimum atomic E-state index is -0.431. The standard InChI is InChI=1S/C14H18ClN3O3.ClH/c1-8-13(16-5-6-21-8)14(20)18-12-7-10(17-9(2)19)3-4-11(12)15;/h3-4,7-8,13,16H,5-6H2,1-2H3,(H,17,19)(H,18,20);1H/t8-,13+;/m1./s1. The van der Waals surface area contributed by atoms with Crippen molar-refractivity contribution >= 4 is 47.2 Å². The van der Waals surface area contributed by atoms with Crippen LogP contribution in [0, 0.1) is 0 Å². The summed E-state index contributed by atoms with van der Waals surface area (Å²) in [6.07, 6.45) is -0.212. The first kappa shape index (κ1) is 18.7. The van der Waals surface area contributed by atoms with Gasteiger partial charge >= 0.3 is 0 Å². The lowest BCUT2D eigenvalue weighted by Gasteiger charge is -2.29. The molecule has 2 rings (SSSR count). The molecule has 1 aliphatic heterocycles. The van der Waals surface area contributed by atoms with Gasteiger partial charge in [-0.25, -0.2) is 0 Å². The first-order valence-electron chi connectivity index (χ1n) is 6.70. The fourth-order valence-corrected chi connectivity index (χ4v) is 2.30. The molecule has 2 atom stereocenters. The molecule has 6 nitrogen and oxygen atoms in total. The number of amides is 2. The predicted octanol–water partition coefficient (Wildman–Crippen LogP) is 2.04. The van der Waals surface area contributed by atoms with E-state index in [1.54, 1.807) is 18.2 Å². The van der Waals surface area contributed by atoms with Crippen LogP contribution in [0.3, 0.4) is 0 Å². The quantitative estimate of drug-likeness (QED) is 0.781. The van der Waals surface area contributed by atoms with Crippen molar-refractivity contribution in [2.24, 2.45) is 0 Å². The summed E-state index contributed by atoms with van der Waals surface area (Å²) in [5.41, 5.74) is 1.02. The number of nitrogens with one attached hydrogen (secondary N) is 3. The maximum absolute atomic E-state index is 12.3. The van der Waals surface area contributed by atoms with E-state index < -0.39 is 6.04 Å². The Labute approximate surface area is 140 Å². The zero-order valence-electron chi connectivity index (χ0n) is 12.3. The molecule has 1 saturated heterocycles. The molecule has 1 aliphatic rings. The van der Waals surface area contributed by atoms with Crippen LogP contribution in [-0.2, 0) is 14.3 Å². The Morgan fingerprint density at radius 2 is 2.09 bits per heavy atom. The lowest BCUT2D eigenvalue weighted by Crippen LogP contribution is -2.53. The molecule has 0 bridgehead atoms. The minimum absolute atomic E-state index is 0. The van der Waals surface area contributed by atoms with E-state index in [-0.39, 0.29) is 30.3 Å². The maximum atomic E-state index is 12.3. The minimum Gasteiger partial charge on any atom is -0.375 e. The number of morpholine rings is 1. The fourth-order valence-electron chi connectivity index (χ4n) is 2.14. The summed E-state index contributed by atoms with van der Waals surface area (Å²) in [7, 11) is 0. The first-order chi connectivity index (χ1) is 9.97. The maximum Gasteiger partial charge on any atom is 0.244 e. The van der Waals surface area contributed by atoms with Crippen molar-refractivity contribution in [3.05, 3.63) is 23.2 Å². The Bertz CT molecular complexity index is 554. The average molecular weight is 348 g/mol. The van der Waals surface area contributed by atoms with Gasteiger partial charge in [-0.1, -0.05) is 11.6 Å². The molecule has 22 heavy (non-hydrogen) atoms. The van der Waals surface area contributed by atoms with Crippen LogP contribution in [-0.4, -0.2) is 37.1 Å². The van der Waals surface area contributed by atoms with Crippen molar-refractivity contribution < 1.29 is 14.3 Å². The molecular weight excluding hydrogens is 329 g/mol. The van der Waals surface area contributed by atoms with Crippen LogP contribution in [0.5, 0.6) is 0 Å². The van der Waals surface area contributed by atoms with Gasteiger partial charge in [0.25, 0.3) is 0 Å². The Balaban J connectivity index is 0.00000242. The summed E-state index contributed by atoms with van der Waals surface area (Å²) in [5, 5.41) is 8.91. The molecule has 1 fully saturated rings. The van der Waals surface area contributed by atoms with Crippen molar-refractivity contribution in [2.45, 2.75) is 26.0 Å². The molecule has 1 aromatic carbocycles. The van der Waals surface area contributed by atoms with E-state index >= 15 is 0 Å². The molecule has 0 aromatic heterocycles. The summed E-state index contributed by atoms with van der Waals surface area (Å²) < 4.78 is 5.44. The number of ether oxygens (including phenoxy) is 1. The second-order valence-corrected chi connectivity index (χ2v) is 5.28. The van der Waals surface area contributed by atoms with Gasteiger partial charge in [0, 0.05) is 19.2 Å². The number of halogens is 2. The number of carbonyl (C=O) groups excluding carboxylic acids is 2. The number of benzene rings is 1. The molecule has 0 unspecified atom stereocenters. The van der Waals surface area contributed by atoms with Crippen LogP contribution in [0.15, 0.2) is 18.2 Å². The van der Waals surface area contributed by atoms with Gasteiger partial charge in [0.1, 0.15) is 6.04 Å². The first-order valence-corrected chi connectivity index (χ1v) is 7.08. The second-order valence-electron chi connectivity index (χ2n) is 4.87. The van der Waals surface area contributed by atoms with Crippen LogP contribution in [0.2, 0.25) is 5.02 Å². The third kappa shape index (κ3) is 4.84. The zero-order chi connectivity index (χ0) is 15.4. The fraction of sp³-hybridized carbons (Fsp3) is 0.429. The third-order valence-electron chi connectivity index (χ3n) is 3.14. The van der Waals surface area contributed by atoms with Gasteiger partial charge < -0.3 is 20.7 Å². The molecule has 122 valence electrons. The van der Waals surface area contributed by atoms with Gasteiger partial charge in [0.2, 0.25) is 11.8 Å². The smallest absolute Gasteiger partial charge is 0.244 e. The molecular formula is C14H19Cl2N3O3. The highest BCUT2D eigenvalue weighted by Crippen LogP contribution is 2.26. The summed E-state index contributed by atoms with van der Waals surface area (Å²) >= 11 is 6.07. The molecule has 1 heterocycles. The van der Waals surface area contributed by atoms with Gasteiger partial charge in [-0.3, -0.25) is 9.59 Å². The summed E-state index contributed by atoms with van der Waals surface area (Å²) in [6.45, 7) is 4.47. The molecule has 2 amide bonds. The van der Waals surface area contributed by atoms with Crippen molar-refractivity contribution in [3.8, 4) is 0 Å². The van der Waals surface area contributed by atoms with E-state index in [1.165, 1.54) is 6.92 Å². The summed E-state index contributed by atoms with van der Waals surface area (Å²) in [6, 6.07) is 4.48. The highest BCUT2D eigenvalue weighted by Gasteiger charge is 2.28. The lowest BCUT2D eigenvalue weighted by atomic mass is 10.1. The highest BCUT2D eigenvalue weighted by atomic mass is 35.5. The van der Waals surface area contributed by atoms with Gasteiger partial charge in [0.05, 0.1) is 23.4 Å². The number of hydrogen-bond acceptors (Lipinski definition) is 4. The van der Waals surface area contributed by atoms with E-state index in [1.807, 2.05) is 6.92 Å². The monoisotopic (exact) mass is 347 g/mol. The van der Waals surface area contributed by atoms with E-state index in [4.69, 9.17) is 16.3 Å². The molecule has 8 heteroatoms. The second kappa shape index (κ2) is 8.33. The normalized spacial score (nSPS) is 20.7. The predicted molar refractivity (Wildman–Crippen MR) is 88.8 cm³/mol. The van der Waals surface area contributed by atoms with Crippen molar-refractivity contribution in [3.63, 3.8) is 0 Å². The van der Waals surface area contributed by atoms with Gasteiger partial charge in [-0.15, -0.1) is 12.4 Å². The third-order valence-corrected chi connectivity index (χ3v) is 3.47. The van der Waals surface area contributed by atoms with Crippen LogP contribution in [0.4, 0.5) is 11.4 Å². The number of hydrogen-bond donors (Lipinski definition) is 3. The SMILES string of the molecule is CC(=O)Nc1ccc(Cl)c(NC(=O)[C@H]2NCCO[C@@H]2C)c1.Cl. The van der Waals surface area contributed by atoms with Crippen molar-refractivity contribution in [2.75, 3.05) is 23.8 Å².